The van der Waals surface area contributed by atoms with Crippen molar-refractivity contribution >= 4 is 27.7 Å². The molecule has 0 spiro atoms. The van der Waals surface area contributed by atoms with E-state index in [2.05, 4.69) is 25.8 Å². The van der Waals surface area contributed by atoms with Gasteiger partial charge in [0.15, 0.2) is 5.75 Å². The third kappa shape index (κ3) is 3.64. The van der Waals surface area contributed by atoms with Crippen LogP contribution < -0.4 is 4.74 Å². The Hall–Kier alpha value is -2.47. The molecule has 6 heteroatoms. The van der Waals surface area contributed by atoms with Gasteiger partial charge in [-0.05, 0) is 6.92 Å². The number of benzene rings is 1. The second-order valence-corrected chi connectivity index (χ2v) is 7.57. The van der Waals surface area contributed by atoms with Gasteiger partial charge in [-0.2, -0.15) is 0 Å². The summed E-state index contributed by atoms with van der Waals surface area (Å²) in [5.74, 6) is 0.376. The number of rotatable bonds is 3. The summed E-state index contributed by atoms with van der Waals surface area (Å²) in [7, 11) is 0. The number of carbonyl (C=O) groups excluding carboxylic acids is 1. The van der Waals surface area contributed by atoms with Crippen LogP contribution in [0.15, 0.2) is 36.5 Å². The van der Waals surface area contributed by atoms with E-state index in [0.29, 0.717) is 5.75 Å². The normalized spacial score (nSPS) is 11.5. The molecule has 130 valence electrons. The highest BCUT2D eigenvalue weighted by molar-refractivity contribution is 7.19. The fraction of sp³-hybridized carbons (Fsp3) is 0.316. The molecule has 0 N–H and O–H groups in total. The van der Waals surface area contributed by atoms with Crippen molar-refractivity contribution in [1.29, 1.82) is 0 Å². The Morgan fingerprint density at radius 1 is 1.20 bits per heavy atom. The first kappa shape index (κ1) is 17.4. The van der Waals surface area contributed by atoms with Crippen molar-refractivity contribution in [3.05, 3.63) is 41.5 Å². The molecule has 0 aliphatic rings. The van der Waals surface area contributed by atoms with Crippen LogP contribution >= 0.6 is 11.3 Å². The van der Waals surface area contributed by atoms with Crippen LogP contribution in [0.25, 0.3) is 21.5 Å². The average molecular weight is 356 g/mol. The summed E-state index contributed by atoms with van der Waals surface area (Å²) < 4.78 is 11.0. The third-order valence-corrected chi connectivity index (χ3v) is 5.03. The lowest BCUT2D eigenvalue weighted by Crippen LogP contribution is -2.10. The molecule has 0 atom stereocenters. The molecule has 2 aromatic heterocycles. The predicted octanol–water partition coefficient (Wildman–Crippen LogP) is 5.19. The van der Waals surface area contributed by atoms with Crippen LogP contribution in [0.2, 0.25) is 0 Å². The Bertz CT molecular complexity index is 898. The van der Waals surface area contributed by atoms with Crippen LogP contribution in [0, 0.1) is 0 Å². The van der Waals surface area contributed by atoms with Gasteiger partial charge >= 0.3 is 6.16 Å². The summed E-state index contributed by atoms with van der Waals surface area (Å²) in [4.78, 5) is 21.0. The van der Waals surface area contributed by atoms with E-state index in [1.54, 1.807) is 13.1 Å². The number of hydrogen-bond acceptors (Lipinski definition) is 6. The first-order chi connectivity index (χ1) is 11.9. The molecule has 0 aliphatic heterocycles. The molecule has 0 radical (unpaired) electrons. The molecule has 5 nitrogen and oxygen atoms in total. The number of carbonyl (C=O) groups is 1. The molecule has 0 saturated heterocycles. The third-order valence-electron chi connectivity index (χ3n) is 3.53. The van der Waals surface area contributed by atoms with Gasteiger partial charge in [0.1, 0.15) is 10.2 Å². The molecule has 2 heterocycles. The van der Waals surface area contributed by atoms with Crippen molar-refractivity contribution in [2.24, 2.45) is 0 Å². The highest BCUT2D eigenvalue weighted by Gasteiger charge is 2.24. The van der Waals surface area contributed by atoms with Gasteiger partial charge < -0.3 is 9.47 Å². The summed E-state index contributed by atoms with van der Waals surface area (Å²) in [5.41, 5.74) is 2.38. The molecule has 0 fully saturated rings. The Morgan fingerprint density at radius 2 is 1.92 bits per heavy atom. The van der Waals surface area contributed by atoms with Gasteiger partial charge in [-0.15, -0.1) is 11.3 Å². The summed E-state index contributed by atoms with van der Waals surface area (Å²) in [6.07, 6.45) is 0.829. The molecular weight excluding hydrogens is 336 g/mol. The molecule has 1 aromatic carbocycles. The Kier molecular flexibility index (Phi) is 4.72. The monoisotopic (exact) mass is 356 g/mol. The topological polar surface area (TPSA) is 61.3 Å². The number of ether oxygens (including phenoxy) is 2. The zero-order chi connectivity index (χ0) is 18.0. The van der Waals surface area contributed by atoms with Crippen LogP contribution in [0.3, 0.4) is 0 Å². The molecule has 0 bridgehead atoms. The van der Waals surface area contributed by atoms with E-state index >= 15 is 0 Å². The second kappa shape index (κ2) is 6.80. The largest absolute Gasteiger partial charge is 0.513 e. The second-order valence-electron chi connectivity index (χ2n) is 6.57. The van der Waals surface area contributed by atoms with E-state index in [0.717, 1.165) is 26.5 Å². The van der Waals surface area contributed by atoms with Gasteiger partial charge in [0.2, 0.25) is 0 Å². The number of hydrogen-bond donors (Lipinski definition) is 0. The number of pyridine rings is 1. The van der Waals surface area contributed by atoms with Crippen molar-refractivity contribution in [2.45, 2.75) is 33.1 Å². The van der Waals surface area contributed by atoms with Crippen LogP contribution in [-0.4, -0.2) is 22.7 Å². The van der Waals surface area contributed by atoms with Gasteiger partial charge in [0.05, 0.1) is 23.5 Å². The number of fused-ring (bicyclic) bond motifs is 1. The smallest absolute Gasteiger partial charge is 0.434 e. The SMILES string of the molecule is CCOC(=O)Oc1cnc(-c2ccccc2)c2nc(C(C)(C)C)sc12. The Morgan fingerprint density at radius 3 is 2.56 bits per heavy atom. The van der Waals surface area contributed by atoms with E-state index in [1.807, 2.05) is 30.3 Å². The van der Waals surface area contributed by atoms with Gasteiger partial charge in [-0.3, -0.25) is 0 Å². The Balaban J connectivity index is 2.17. The highest BCUT2D eigenvalue weighted by atomic mass is 32.1. The lowest BCUT2D eigenvalue weighted by Gasteiger charge is -2.13. The first-order valence-electron chi connectivity index (χ1n) is 8.10. The zero-order valence-corrected chi connectivity index (χ0v) is 15.5. The molecule has 3 aromatic rings. The lowest BCUT2D eigenvalue weighted by atomic mass is 9.98. The standard InChI is InChI=1S/C19H20N2O3S/c1-5-23-18(22)24-13-11-20-14(12-9-7-6-8-10-12)15-16(13)25-17(21-15)19(2,3)4/h6-11H,5H2,1-4H3. The van der Waals surface area contributed by atoms with Crippen molar-refractivity contribution in [3.8, 4) is 17.0 Å². The lowest BCUT2D eigenvalue weighted by molar-refractivity contribution is 0.105. The minimum Gasteiger partial charge on any atom is -0.434 e. The summed E-state index contributed by atoms with van der Waals surface area (Å²) in [6, 6.07) is 9.86. The summed E-state index contributed by atoms with van der Waals surface area (Å²) in [5, 5.41) is 0.960. The fourth-order valence-corrected chi connectivity index (χ4v) is 3.40. The number of nitrogens with zero attached hydrogens (tertiary/aromatic N) is 2. The molecule has 25 heavy (non-hydrogen) atoms. The molecule has 0 amide bonds. The van der Waals surface area contributed by atoms with Crippen molar-refractivity contribution in [3.63, 3.8) is 0 Å². The van der Waals surface area contributed by atoms with Crippen LogP contribution in [0.5, 0.6) is 5.75 Å². The van der Waals surface area contributed by atoms with E-state index < -0.39 is 6.16 Å². The van der Waals surface area contributed by atoms with E-state index in [4.69, 9.17) is 14.5 Å². The highest BCUT2D eigenvalue weighted by Crippen LogP contribution is 2.39. The van der Waals surface area contributed by atoms with Gasteiger partial charge in [-0.1, -0.05) is 51.1 Å². The molecule has 0 saturated carbocycles. The summed E-state index contributed by atoms with van der Waals surface area (Å²) in [6.45, 7) is 8.30. The van der Waals surface area contributed by atoms with E-state index in [1.165, 1.54) is 11.3 Å². The van der Waals surface area contributed by atoms with Gasteiger partial charge in [0.25, 0.3) is 0 Å². The van der Waals surface area contributed by atoms with Gasteiger partial charge in [0, 0.05) is 11.0 Å². The molecule has 0 aliphatic carbocycles. The van der Waals surface area contributed by atoms with Crippen molar-refractivity contribution in [2.75, 3.05) is 6.61 Å². The van der Waals surface area contributed by atoms with E-state index in [-0.39, 0.29) is 12.0 Å². The van der Waals surface area contributed by atoms with Crippen LogP contribution in [-0.2, 0) is 10.2 Å². The van der Waals surface area contributed by atoms with Gasteiger partial charge in [-0.25, -0.2) is 14.8 Å². The number of aromatic nitrogens is 2. The maximum atomic E-state index is 11.7. The maximum Gasteiger partial charge on any atom is 0.513 e. The van der Waals surface area contributed by atoms with E-state index in [9.17, 15) is 4.79 Å². The fourth-order valence-electron chi connectivity index (χ4n) is 2.33. The molecular formula is C19H20N2O3S. The summed E-state index contributed by atoms with van der Waals surface area (Å²) >= 11 is 1.52. The van der Waals surface area contributed by atoms with Crippen molar-refractivity contribution < 1.29 is 14.3 Å². The minimum atomic E-state index is -0.733. The molecule has 3 rings (SSSR count). The Labute approximate surface area is 150 Å². The average Bonchev–Trinajstić information content (AvgIpc) is 3.02. The van der Waals surface area contributed by atoms with Crippen LogP contribution in [0.1, 0.15) is 32.7 Å². The number of thiazole rings is 1. The zero-order valence-electron chi connectivity index (χ0n) is 14.7. The van der Waals surface area contributed by atoms with Crippen molar-refractivity contribution in [1.82, 2.24) is 9.97 Å². The minimum absolute atomic E-state index is 0.112. The maximum absolute atomic E-state index is 11.7. The quantitative estimate of drug-likeness (QED) is 0.604. The first-order valence-corrected chi connectivity index (χ1v) is 8.92. The molecule has 0 unspecified atom stereocenters. The van der Waals surface area contributed by atoms with Crippen LogP contribution in [0.4, 0.5) is 4.79 Å². The predicted molar refractivity (Wildman–Crippen MR) is 99.2 cm³/mol.